The number of hydrogen-bond donors (Lipinski definition) is 1. The van der Waals surface area contributed by atoms with E-state index in [1.165, 1.54) is 6.92 Å². The zero-order valence-corrected chi connectivity index (χ0v) is 7.58. The Morgan fingerprint density at radius 1 is 1.42 bits per heavy atom. The second-order valence-electron chi connectivity index (χ2n) is 2.46. The summed E-state index contributed by atoms with van der Waals surface area (Å²) in [6.45, 7) is 5.02. The Morgan fingerprint density at radius 3 is 2.58 bits per heavy atom. The highest BCUT2D eigenvalue weighted by atomic mass is 16.5. The smallest absolute Gasteiger partial charge is 0.332 e. The van der Waals surface area contributed by atoms with Gasteiger partial charge in [-0.3, -0.25) is 0 Å². The maximum Gasteiger partial charge on any atom is 0.332 e. The largest absolute Gasteiger partial charge is 0.479 e. The summed E-state index contributed by atoms with van der Waals surface area (Å²) in [5.41, 5.74) is 0. The van der Waals surface area contributed by atoms with Crippen LogP contribution < -0.4 is 0 Å². The second kappa shape index (κ2) is 7.06. The van der Waals surface area contributed by atoms with Crippen molar-refractivity contribution < 1.29 is 19.4 Å². The SMILES string of the molecule is CCCOCCO[C@H](C)C(=O)O. The Kier molecular flexibility index (Phi) is 6.70. The minimum atomic E-state index is -0.939. The van der Waals surface area contributed by atoms with Gasteiger partial charge in [0.1, 0.15) is 0 Å². The Balaban J connectivity index is 3.14. The van der Waals surface area contributed by atoms with Gasteiger partial charge in [-0.1, -0.05) is 6.92 Å². The molecule has 0 aliphatic heterocycles. The van der Waals surface area contributed by atoms with Crippen LogP contribution in [0.15, 0.2) is 0 Å². The summed E-state index contributed by atoms with van der Waals surface area (Å²) >= 11 is 0. The lowest BCUT2D eigenvalue weighted by atomic mass is 10.4. The lowest BCUT2D eigenvalue weighted by Crippen LogP contribution is -2.21. The summed E-state index contributed by atoms with van der Waals surface area (Å²) in [6.07, 6.45) is 0.226. The average Bonchev–Trinajstić information content (AvgIpc) is 2.03. The van der Waals surface area contributed by atoms with E-state index < -0.39 is 12.1 Å². The van der Waals surface area contributed by atoms with Gasteiger partial charge in [-0.25, -0.2) is 4.79 Å². The van der Waals surface area contributed by atoms with Gasteiger partial charge in [-0.15, -0.1) is 0 Å². The first kappa shape index (κ1) is 11.4. The average molecular weight is 176 g/mol. The molecular weight excluding hydrogens is 160 g/mol. The van der Waals surface area contributed by atoms with Crippen LogP contribution in [0.1, 0.15) is 20.3 Å². The molecule has 4 nitrogen and oxygen atoms in total. The van der Waals surface area contributed by atoms with Gasteiger partial charge >= 0.3 is 5.97 Å². The number of carbonyl (C=O) groups is 1. The molecule has 0 bridgehead atoms. The minimum Gasteiger partial charge on any atom is -0.479 e. The molecule has 0 fully saturated rings. The van der Waals surface area contributed by atoms with Gasteiger partial charge in [0.05, 0.1) is 13.2 Å². The predicted molar refractivity (Wildman–Crippen MR) is 44.2 cm³/mol. The number of aliphatic carboxylic acids is 1. The Hall–Kier alpha value is -0.610. The first-order valence-electron chi connectivity index (χ1n) is 4.10. The third kappa shape index (κ3) is 6.12. The normalized spacial score (nSPS) is 12.8. The molecule has 4 heteroatoms. The molecule has 0 saturated heterocycles. The summed E-state index contributed by atoms with van der Waals surface area (Å²) in [5.74, 6) is -0.939. The van der Waals surface area contributed by atoms with Crippen LogP contribution in [-0.4, -0.2) is 37.0 Å². The topological polar surface area (TPSA) is 55.8 Å². The van der Waals surface area contributed by atoms with Crippen LogP contribution in [0.25, 0.3) is 0 Å². The van der Waals surface area contributed by atoms with Crippen molar-refractivity contribution in [1.29, 1.82) is 0 Å². The number of hydrogen-bond acceptors (Lipinski definition) is 3. The molecule has 0 rings (SSSR count). The van der Waals surface area contributed by atoms with Gasteiger partial charge < -0.3 is 14.6 Å². The highest BCUT2D eigenvalue weighted by molar-refractivity contribution is 5.71. The van der Waals surface area contributed by atoms with E-state index in [1.807, 2.05) is 6.92 Å². The van der Waals surface area contributed by atoms with Crippen molar-refractivity contribution in [3.8, 4) is 0 Å². The van der Waals surface area contributed by atoms with Crippen LogP contribution in [0, 0.1) is 0 Å². The zero-order valence-electron chi connectivity index (χ0n) is 7.58. The Bertz CT molecular complexity index is 124. The molecule has 0 aromatic rings. The van der Waals surface area contributed by atoms with Crippen LogP contribution in [-0.2, 0) is 14.3 Å². The van der Waals surface area contributed by atoms with Crippen molar-refractivity contribution in [1.82, 2.24) is 0 Å². The highest BCUT2D eigenvalue weighted by Gasteiger charge is 2.09. The summed E-state index contributed by atoms with van der Waals surface area (Å²) in [5, 5.41) is 8.42. The Labute approximate surface area is 72.5 Å². The molecule has 1 atom stereocenters. The van der Waals surface area contributed by atoms with E-state index in [1.54, 1.807) is 0 Å². The molecule has 0 amide bonds. The van der Waals surface area contributed by atoms with E-state index in [0.29, 0.717) is 19.8 Å². The van der Waals surface area contributed by atoms with Crippen molar-refractivity contribution in [2.45, 2.75) is 26.4 Å². The lowest BCUT2D eigenvalue weighted by Gasteiger charge is -2.07. The zero-order chi connectivity index (χ0) is 9.40. The standard InChI is InChI=1S/C8H16O4/c1-3-4-11-5-6-12-7(2)8(9)10/h7H,3-6H2,1-2H3,(H,9,10)/t7-/m1/s1. The molecule has 0 saturated carbocycles. The van der Waals surface area contributed by atoms with E-state index in [-0.39, 0.29) is 0 Å². The fourth-order valence-electron chi connectivity index (χ4n) is 0.602. The predicted octanol–water partition coefficient (Wildman–Crippen LogP) is 0.903. The maximum absolute atomic E-state index is 10.3. The van der Waals surface area contributed by atoms with Crippen molar-refractivity contribution in [2.75, 3.05) is 19.8 Å². The highest BCUT2D eigenvalue weighted by Crippen LogP contribution is 1.90. The molecule has 72 valence electrons. The molecule has 0 radical (unpaired) electrons. The van der Waals surface area contributed by atoms with E-state index in [0.717, 1.165) is 6.42 Å². The van der Waals surface area contributed by atoms with Crippen LogP contribution in [0.3, 0.4) is 0 Å². The summed E-state index contributed by atoms with van der Waals surface area (Å²) in [6, 6.07) is 0. The first-order valence-corrected chi connectivity index (χ1v) is 4.10. The second-order valence-corrected chi connectivity index (χ2v) is 2.46. The minimum absolute atomic E-state index is 0.341. The molecular formula is C8H16O4. The fraction of sp³-hybridized carbons (Fsp3) is 0.875. The third-order valence-electron chi connectivity index (χ3n) is 1.29. The van der Waals surface area contributed by atoms with Crippen molar-refractivity contribution >= 4 is 5.97 Å². The van der Waals surface area contributed by atoms with Crippen LogP contribution >= 0.6 is 0 Å². The molecule has 0 aromatic carbocycles. The lowest BCUT2D eigenvalue weighted by molar-refractivity contribution is -0.149. The number of rotatable bonds is 7. The van der Waals surface area contributed by atoms with Crippen molar-refractivity contribution in [3.05, 3.63) is 0 Å². The molecule has 0 aliphatic carbocycles. The van der Waals surface area contributed by atoms with Gasteiger partial charge in [0, 0.05) is 6.61 Å². The van der Waals surface area contributed by atoms with Gasteiger partial charge in [0.25, 0.3) is 0 Å². The van der Waals surface area contributed by atoms with Crippen LogP contribution in [0.2, 0.25) is 0 Å². The third-order valence-corrected chi connectivity index (χ3v) is 1.29. The molecule has 0 aromatic heterocycles. The molecule has 0 spiro atoms. The van der Waals surface area contributed by atoms with Gasteiger partial charge in [-0.2, -0.15) is 0 Å². The quantitative estimate of drug-likeness (QED) is 0.585. The number of ether oxygens (including phenoxy) is 2. The fourth-order valence-corrected chi connectivity index (χ4v) is 0.602. The van der Waals surface area contributed by atoms with E-state index in [2.05, 4.69) is 0 Å². The van der Waals surface area contributed by atoms with Gasteiger partial charge in [0.15, 0.2) is 6.10 Å². The Morgan fingerprint density at radius 2 is 2.08 bits per heavy atom. The van der Waals surface area contributed by atoms with Gasteiger partial charge in [-0.05, 0) is 13.3 Å². The monoisotopic (exact) mass is 176 g/mol. The summed E-state index contributed by atoms with van der Waals surface area (Å²) < 4.78 is 10.0. The van der Waals surface area contributed by atoms with E-state index in [4.69, 9.17) is 14.6 Å². The van der Waals surface area contributed by atoms with Crippen LogP contribution in [0.4, 0.5) is 0 Å². The molecule has 0 aliphatic rings. The maximum atomic E-state index is 10.3. The molecule has 0 heterocycles. The number of carboxylic acids is 1. The first-order chi connectivity index (χ1) is 5.68. The van der Waals surface area contributed by atoms with Crippen LogP contribution in [0.5, 0.6) is 0 Å². The van der Waals surface area contributed by atoms with E-state index in [9.17, 15) is 4.79 Å². The molecule has 0 unspecified atom stereocenters. The summed E-state index contributed by atoms with van der Waals surface area (Å²) in [7, 11) is 0. The van der Waals surface area contributed by atoms with Gasteiger partial charge in [0.2, 0.25) is 0 Å². The van der Waals surface area contributed by atoms with E-state index >= 15 is 0 Å². The molecule has 1 N–H and O–H groups in total. The van der Waals surface area contributed by atoms with Crippen molar-refractivity contribution in [2.24, 2.45) is 0 Å². The molecule has 12 heavy (non-hydrogen) atoms. The number of carboxylic acid groups (broad SMARTS) is 1. The van der Waals surface area contributed by atoms with Crippen molar-refractivity contribution in [3.63, 3.8) is 0 Å². The summed E-state index contributed by atoms with van der Waals surface area (Å²) in [4.78, 5) is 10.3.